The van der Waals surface area contributed by atoms with E-state index in [2.05, 4.69) is 286 Å². The van der Waals surface area contributed by atoms with Crippen LogP contribution >= 0.6 is 7.81 Å². The zero-order chi connectivity index (χ0) is 99.0. The summed E-state index contributed by atoms with van der Waals surface area (Å²) in [5.41, 5.74) is 16.2. The van der Waals surface area contributed by atoms with Crippen LogP contribution in [0.25, 0.3) is 0 Å². The minimum atomic E-state index is -10.7. The zero-order valence-electron chi connectivity index (χ0n) is 80.7. The van der Waals surface area contributed by atoms with Crippen LogP contribution in [0.4, 0.5) is 36.6 Å². The molecule has 4 aliphatic heterocycles. The summed E-state index contributed by atoms with van der Waals surface area (Å²) in [6.45, 7) is 30.7. The van der Waals surface area contributed by atoms with Crippen molar-refractivity contribution in [3.63, 3.8) is 0 Å². The Morgan fingerprint density at radius 2 is 0.576 bits per heavy atom. The van der Waals surface area contributed by atoms with Crippen molar-refractivity contribution in [3.8, 4) is 23.0 Å². The molecule has 139 heavy (non-hydrogen) atoms. The fourth-order valence-electron chi connectivity index (χ4n) is 16.2. The summed E-state index contributed by atoms with van der Waals surface area (Å²) in [5, 5.41) is 12.1. The molecule has 724 valence electrons. The van der Waals surface area contributed by atoms with Gasteiger partial charge in [-0.25, -0.2) is 4.57 Å². The number of hydrogen-bond acceptors (Lipinski definition) is 10. The zero-order valence-corrected chi connectivity index (χ0v) is 82.7. The van der Waals surface area contributed by atoms with Crippen LogP contribution in [0.2, 0.25) is 0 Å². The van der Waals surface area contributed by atoms with E-state index in [0.29, 0.717) is 96.3 Å². The maximum atomic E-state index is 14.2. The van der Waals surface area contributed by atoms with Gasteiger partial charge in [0.1, 0.15) is 67.6 Å². The number of amides is 4. The van der Waals surface area contributed by atoms with E-state index in [4.69, 9.17) is 28.4 Å². The molecular weight excluding hydrogens is 1820 g/mol. The normalized spacial score (nSPS) is 15.5. The van der Waals surface area contributed by atoms with E-state index in [9.17, 15) is 44.4 Å². The third-order valence-electron chi connectivity index (χ3n) is 23.4. The molecule has 6 bridgehead atoms. The van der Waals surface area contributed by atoms with Crippen LogP contribution in [0.5, 0.6) is 23.0 Å². The van der Waals surface area contributed by atoms with Crippen molar-refractivity contribution in [1.82, 2.24) is 10.6 Å². The Morgan fingerprint density at radius 1 is 0.324 bits per heavy atom. The Hall–Kier alpha value is -12.2. The van der Waals surface area contributed by atoms with E-state index in [-0.39, 0.29) is 88.7 Å². The first kappa shape index (κ1) is 107. The van der Waals surface area contributed by atoms with Gasteiger partial charge >= 0.3 is 50.1 Å². The van der Waals surface area contributed by atoms with E-state index in [1.165, 1.54) is 22.3 Å². The number of carbonyl (C=O) groups is 4. The fraction of sp³-hybridized carbons (Fsp3) is 0.250. The van der Waals surface area contributed by atoms with E-state index >= 15 is 0 Å². The van der Waals surface area contributed by atoms with Crippen LogP contribution in [0.3, 0.4) is 0 Å². The van der Waals surface area contributed by atoms with Gasteiger partial charge in [-0.05, 0) is 249 Å². The van der Waals surface area contributed by atoms with Crippen molar-refractivity contribution < 1.29 is 94.4 Å². The molecule has 4 amide bonds. The SMILES string of the molecule is C[n+]1cc(C(=O)Nc2ccc(C(c3ccccc3)(c3ccc(C(C)(C)C)cc3)c3ccc(C(C)(C)C)cc3)cc2)cc(C(=O)Nc2ccc(C(c3ccccc3)(c3ccc(C(C)(C)C)cc3)c3ccc(C(C)(C)C)cc3)cc2)c1.F[P-](F)(F)(F)(F)F.O=C1NCCOc2ccc(cc2)OCCOC/C=C/COCCOc2ccc(cc2)OCCNC(=O)c2cc([C]3[CH][CH][CH][CH]3)cc1c2.[CH]1[CH][CH][CH][CH]1.[Fe+2]. The van der Waals surface area contributed by atoms with Gasteiger partial charge in [-0.2, -0.15) is 0 Å². The summed E-state index contributed by atoms with van der Waals surface area (Å²) in [5.74, 6) is 2.37. The second-order valence-corrected chi connectivity index (χ2v) is 39.9. The predicted octanol–water partition coefficient (Wildman–Crippen LogP) is 25.8. The second kappa shape index (κ2) is 46.7. The fourth-order valence-corrected chi connectivity index (χ4v) is 16.2. The number of halogens is 6. The van der Waals surface area contributed by atoms with Gasteiger partial charge in [0.05, 0.1) is 50.3 Å². The number of pyridine rings is 1. The molecule has 4 N–H and O–H groups in total. The van der Waals surface area contributed by atoms with Gasteiger partial charge in [0.25, 0.3) is 23.6 Å². The van der Waals surface area contributed by atoms with Crippen molar-refractivity contribution >= 4 is 42.8 Å². The molecule has 2 fully saturated rings. The molecule has 2 saturated carbocycles. The van der Waals surface area contributed by atoms with E-state index in [1.54, 1.807) is 41.2 Å². The van der Waals surface area contributed by atoms with Crippen molar-refractivity contribution in [1.29, 1.82) is 0 Å². The standard InChI is InChI=1S/C74H77N3O2.C37H39N2O8.C5H5.F6P.Fe/c1-69(2,3)53-24-32-59(33-25-53)73(57-20-16-14-17-21-57,60-34-26-54(27-35-60)70(4,5)6)63-40-44-65(45-41-63)75-67(78)51-48-52(50-77(13)49-51)68(79)76-66-46-42-64(43-47-66)74(58-22-18-15-19-23-58,61-36-28-55(29-37-61)71(7,8)9)62-38-30-56(31-39-62)72(10,11)12;40-36-30-25-29(28-5-1-2-6-28)26-31(27-30)37(41)39-16-20-45-33-9-13-35(14-10-33)47-24-22-43-18-4-3-17-42-21-23-46-34-11-7-32(8-12-34)44-19-15-38-36;1-2-4-5-3-1;1-7(2,3,4,5)6;/h14-50H,1-13H3,(H-,75,76,78,79);1-14,25-27H,15-24H2,(H,38,40)(H,39,41);1-5H;;/q;;;-1;+2/p+1/b;4-3+;;;. The summed E-state index contributed by atoms with van der Waals surface area (Å²) in [6.07, 6.45) is 25.0. The maximum Gasteiger partial charge on any atom is 2.00 e. The first-order chi connectivity index (χ1) is 65.5. The van der Waals surface area contributed by atoms with Gasteiger partial charge in [0, 0.05) is 28.4 Å². The molecule has 6 aliphatic rings. The number of aromatic nitrogens is 1. The number of rotatable bonds is 13. The molecule has 10 radical (unpaired) electrons. The Bertz CT molecular complexity index is 5560. The molecule has 0 atom stereocenters. The monoisotopic (exact) mass is 1950 g/mol. The van der Waals surface area contributed by atoms with Crippen molar-refractivity contribution in [3.05, 3.63) is 462 Å². The third-order valence-corrected chi connectivity index (χ3v) is 23.4. The van der Waals surface area contributed by atoms with Crippen LogP contribution < -0.4 is 44.8 Å². The molecule has 15 nitrogen and oxygen atoms in total. The molecular formula is C116H122F6FeN5O10P+2. The van der Waals surface area contributed by atoms with Gasteiger partial charge in [-0.3, -0.25) is 19.2 Å². The van der Waals surface area contributed by atoms with Gasteiger partial charge in [-0.1, -0.05) is 277 Å². The van der Waals surface area contributed by atoms with Crippen molar-refractivity contribution in [2.75, 3.05) is 76.6 Å². The number of ether oxygens (including phenoxy) is 6. The summed E-state index contributed by atoms with van der Waals surface area (Å²) >= 11 is 0. The number of carbonyl (C=O) groups excluding carboxylic acids is 4. The second-order valence-electron chi connectivity index (χ2n) is 37.9. The first-order valence-electron chi connectivity index (χ1n) is 46.1. The van der Waals surface area contributed by atoms with Gasteiger partial charge in [-0.15, -0.1) is 0 Å². The molecule has 12 aromatic rings. The van der Waals surface area contributed by atoms with Crippen LogP contribution in [0.15, 0.2) is 304 Å². The van der Waals surface area contributed by atoms with Crippen molar-refractivity contribution in [2.24, 2.45) is 7.05 Å². The molecule has 1 aromatic heterocycles. The quantitative estimate of drug-likeness (QED) is 0.0217. The Kier molecular flexibility index (Phi) is 36.1. The number of nitrogens with zero attached hydrogens (tertiary/aromatic N) is 1. The summed E-state index contributed by atoms with van der Waals surface area (Å²) in [7, 11) is -8.83. The van der Waals surface area contributed by atoms with E-state index in [0.717, 1.165) is 56.0 Å². The van der Waals surface area contributed by atoms with Gasteiger partial charge in [0.15, 0.2) is 12.4 Å². The van der Waals surface area contributed by atoms with Crippen LogP contribution in [-0.4, -0.2) is 89.6 Å². The Labute approximate surface area is 826 Å². The van der Waals surface area contributed by atoms with Gasteiger partial charge < -0.3 is 49.7 Å². The molecule has 5 heterocycles. The van der Waals surface area contributed by atoms with Crippen LogP contribution in [-0.2, 0) is 66.1 Å². The number of benzene rings is 11. The average molecular weight is 1950 g/mol. The topological polar surface area (TPSA) is 176 Å². The smallest absolute Gasteiger partial charge is 0.492 e. The summed E-state index contributed by atoms with van der Waals surface area (Å²) in [4.78, 5) is 54.7. The molecule has 0 unspecified atom stereocenters. The predicted molar refractivity (Wildman–Crippen MR) is 539 cm³/mol. The molecule has 11 aromatic carbocycles. The summed E-state index contributed by atoms with van der Waals surface area (Å²) in [6, 6.07) is 95.4. The minimum absolute atomic E-state index is 0. The number of nitrogens with one attached hydrogen (secondary N) is 4. The maximum absolute atomic E-state index is 14.2. The van der Waals surface area contributed by atoms with Gasteiger partial charge in [0.2, 0.25) is 0 Å². The number of anilines is 2. The van der Waals surface area contributed by atoms with E-state index in [1.807, 2.05) is 150 Å². The molecule has 18 rings (SSSR count). The van der Waals surface area contributed by atoms with Crippen molar-refractivity contribution in [2.45, 2.75) is 116 Å². The Balaban J connectivity index is 0.000000259. The minimum Gasteiger partial charge on any atom is -0.492 e. The number of aryl methyl sites for hydroxylation is 1. The molecule has 2 aliphatic carbocycles. The average Bonchev–Trinajstić information content (AvgIpc) is 1.20. The third kappa shape index (κ3) is 31.2. The van der Waals surface area contributed by atoms with E-state index < -0.39 is 18.6 Å². The van der Waals surface area contributed by atoms with Crippen LogP contribution in [0, 0.1) is 63.7 Å². The van der Waals surface area contributed by atoms with Crippen LogP contribution in [0.1, 0.15) is 197 Å². The first-order valence-corrected chi connectivity index (χ1v) is 48.1. The Morgan fingerprint density at radius 3 is 0.856 bits per heavy atom. The molecule has 0 saturated heterocycles. The molecule has 23 heteroatoms. The molecule has 0 spiro atoms. The largest absolute Gasteiger partial charge is 2.00 e. The summed E-state index contributed by atoms with van der Waals surface area (Å²) < 4.78 is 95.1. The number of hydrogen-bond donors (Lipinski definition) is 4.